The first-order valence-corrected chi connectivity index (χ1v) is 7.82. The van der Waals surface area contributed by atoms with Crippen molar-refractivity contribution in [3.8, 4) is 5.75 Å². The van der Waals surface area contributed by atoms with Crippen LogP contribution in [0, 0.1) is 0 Å². The van der Waals surface area contributed by atoms with Gasteiger partial charge in [0.1, 0.15) is 5.75 Å². The number of para-hydroxylation sites is 1. The Morgan fingerprint density at radius 1 is 0.913 bits per heavy atom. The van der Waals surface area contributed by atoms with Crippen molar-refractivity contribution in [3.63, 3.8) is 0 Å². The van der Waals surface area contributed by atoms with Gasteiger partial charge in [0, 0.05) is 23.6 Å². The second-order valence-corrected chi connectivity index (χ2v) is 5.75. The number of aromatic amines is 1. The molecule has 0 saturated heterocycles. The van der Waals surface area contributed by atoms with Crippen LogP contribution in [0.3, 0.4) is 0 Å². The van der Waals surface area contributed by atoms with Crippen LogP contribution in [0.2, 0.25) is 0 Å². The fraction of sp³-hybridized carbons (Fsp3) is 0.100. The molecule has 1 aromatic heterocycles. The molecule has 0 bridgehead atoms. The third kappa shape index (κ3) is 2.61. The highest BCUT2D eigenvalue weighted by Crippen LogP contribution is 2.29. The van der Waals surface area contributed by atoms with Gasteiger partial charge in [-0.2, -0.15) is 0 Å². The second kappa shape index (κ2) is 5.69. The highest BCUT2D eigenvalue weighted by molar-refractivity contribution is 5.88. The van der Waals surface area contributed by atoms with Crippen molar-refractivity contribution in [3.05, 3.63) is 72.4 Å². The molecule has 0 saturated carbocycles. The van der Waals surface area contributed by atoms with Gasteiger partial charge in [0.2, 0.25) is 0 Å². The van der Waals surface area contributed by atoms with E-state index < -0.39 is 0 Å². The Kier molecular flexibility index (Phi) is 3.39. The summed E-state index contributed by atoms with van der Waals surface area (Å²) in [7, 11) is 0. The monoisotopic (exact) mass is 302 g/mol. The average molecular weight is 302 g/mol. The number of rotatable bonds is 4. The zero-order valence-corrected chi connectivity index (χ0v) is 12.7. The maximum Gasteiger partial charge on any atom is 0.139 e. The van der Waals surface area contributed by atoms with E-state index in [0.29, 0.717) is 5.75 Å². The minimum Gasteiger partial charge on any atom is -0.506 e. The molecule has 3 nitrogen and oxygen atoms in total. The molecule has 3 aromatic carbocycles. The van der Waals surface area contributed by atoms with E-state index in [9.17, 15) is 5.11 Å². The van der Waals surface area contributed by atoms with E-state index in [1.165, 1.54) is 10.9 Å². The number of hydrogen-bond acceptors (Lipinski definition) is 2. The molecule has 0 atom stereocenters. The van der Waals surface area contributed by atoms with E-state index in [2.05, 4.69) is 40.8 Å². The van der Waals surface area contributed by atoms with Crippen molar-refractivity contribution in [2.75, 3.05) is 11.9 Å². The van der Waals surface area contributed by atoms with E-state index in [1.54, 1.807) is 0 Å². The van der Waals surface area contributed by atoms with Gasteiger partial charge >= 0.3 is 0 Å². The van der Waals surface area contributed by atoms with Gasteiger partial charge in [0.05, 0.1) is 5.69 Å². The molecule has 3 N–H and O–H groups in total. The van der Waals surface area contributed by atoms with Crippen LogP contribution in [0.15, 0.2) is 66.9 Å². The summed E-state index contributed by atoms with van der Waals surface area (Å²) in [5, 5.41) is 16.9. The Labute approximate surface area is 134 Å². The Morgan fingerprint density at radius 2 is 1.65 bits per heavy atom. The van der Waals surface area contributed by atoms with Gasteiger partial charge in [-0.25, -0.2) is 0 Å². The lowest BCUT2D eigenvalue weighted by molar-refractivity contribution is 0.478. The second-order valence-electron chi connectivity index (χ2n) is 5.75. The van der Waals surface area contributed by atoms with E-state index in [-0.39, 0.29) is 0 Å². The molecule has 0 aliphatic heterocycles. The quantitative estimate of drug-likeness (QED) is 0.479. The maximum atomic E-state index is 10.2. The minimum absolute atomic E-state index is 0.294. The van der Waals surface area contributed by atoms with E-state index in [4.69, 9.17) is 0 Å². The summed E-state index contributed by atoms with van der Waals surface area (Å²) in [5.74, 6) is 0.294. The van der Waals surface area contributed by atoms with Crippen molar-refractivity contribution >= 4 is 27.4 Å². The molecule has 4 aromatic rings. The first-order chi connectivity index (χ1) is 11.3. The molecule has 114 valence electrons. The molecule has 0 aliphatic carbocycles. The van der Waals surface area contributed by atoms with Crippen LogP contribution < -0.4 is 5.32 Å². The normalized spacial score (nSPS) is 11.1. The Morgan fingerprint density at radius 3 is 2.52 bits per heavy atom. The van der Waals surface area contributed by atoms with Crippen LogP contribution in [-0.2, 0) is 6.42 Å². The van der Waals surface area contributed by atoms with Gasteiger partial charge in [0.15, 0.2) is 0 Å². The fourth-order valence-corrected chi connectivity index (χ4v) is 3.04. The summed E-state index contributed by atoms with van der Waals surface area (Å²) in [4.78, 5) is 3.30. The number of hydrogen-bond donors (Lipinski definition) is 3. The lowest BCUT2D eigenvalue weighted by Gasteiger charge is -2.10. The molecule has 3 heteroatoms. The fourth-order valence-electron chi connectivity index (χ4n) is 3.04. The summed E-state index contributed by atoms with van der Waals surface area (Å²) < 4.78 is 0. The average Bonchev–Trinajstić information content (AvgIpc) is 2.99. The van der Waals surface area contributed by atoms with Gasteiger partial charge in [-0.1, -0.05) is 42.5 Å². The van der Waals surface area contributed by atoms with Gasteiger partial charge in [0.25, 0.3) is 0 Å². The third-order valence-corrected chi connectivity index (χ3v) is 4.25. The Hall–Kier alpha value is -2.94. The summed E-state index contributed by atoms with van der Waals surface area (Å²) in [6.07, 6.45) is 2.96. The Bertz CT molecular complexity index is 972. The molecule has 0 aliphatic rings. The zero-order chi connectivity index (χ0) is 15.6. The first-order valence-electron chi connectivity index (χ1n) is 7.82. The molecular formula is C20H18N2O. The standard InChI is InChI=1S/C20H18N2O/c23-20-12-15-6-2-1-5-14(15)11-19(20)21-10-9-16-13-22-18-8-4-3-7-17(16)18/h1-8,11-13,21-23H,9-10H2. The molecular weight excluding hydrogens is 284 g/mol. The van der Waals surface area contributed by atoms with Crippen LogP contribution in [0.25, 0.3) is 21.7 Å². The number of anilines is 1. The maximum absolute atomic E-state index is 10.2. The molecule has 0 unspecified atom stereocenters. The van der Waals surface area contributed by atoms with Crippen molar-refractivity contribution in [2.24, 2.45) is 0 Å². The van der Waals surface area contributed by atoms with Crippen molar-refractivity contribution in [2.45, 2.75) is 6.42 Å². The minimum atomic E-state index is 0.294. The van der Waals surface area contributed by atoms with Crippen molar-refractivity contribution in [1.82, 2.24) is 4.98 Å². The van der Waals surface area contributed by atoms with Gasteiger partial charge < -0.3 is 15.4 Å². The number of aromatic nitrogens is 1. The highest BCUT2D eigenvalue weighted by Gasteiger charge is 2.05. The van der Waals surface area contributed by atoms with Gasteiger partial charge in [-0.3, -0.25) is 0 Å². The van der Waals surface area contributed by atoms with Crippen molar-refractivity contribution < 1.29 is 5.11 Å². The zero-order valence-electron chi connectivity index (χ0n) is 12.7. The summed E-state index contributed by atoms with van der Waals surface area (Å²) in [5.41, 5.74) is 3.23. The number of fused-ring (bicyclic) bond motifs is 2. The molecule has 4 rings (SSSR count). The highest BCUT2D eigenvalue weighted by atomic mass is 16.3. The molecule has 0 fully saturated rings. The lowest BCUT2D eigenvalue weighted by Crippen LogP contribution is -2.04. The number of phenolic OH excluding ortho intramolecular Hbond substituents is 1. The molecule has 0 amide bonds. The molecule has 1 heterocycles. The predicted octanol–water partition coefficient (Wildman–Crippen LogP) is 4.68. The Balaban J connectivity index is 1.52. The van der Waals surface area contributed by atoms with Crippen LogP contribution >= 0.6 is 0 Å². The number of aromatic hydroxyl groups is 1. The summed E-state index contributed by atoms with van der Waals surface area (Å²) in [6.45, 7) is 0.772. The topological polar surface area (TPSA) is 48.0 Å². The van der Waals surface area contributed by atoms with E-state index in [0.717, 1.165) is 34.9 Å². The van der Waals surface area contributed by atoms with E-state index in [1.807, 2.05) is 36.4 Å². The van der Waals surface area contributed by atoms with Crippen LogP contribution in [-0.4, -0.2) is 16.6 Å². The first kappa shape index (κ1) is 13.7. The third-order valence-electron chi connectivity index (χ3n) is 4.25. The van der Waals surface area contributed by atoms with Crippen LogP contribution in [0.4, 0.5) is 5.69 Å². The largest absolute Gasteiger partial charge is 0.506 e. The number of nitrogens with one attached hydrogen (secondary N) is 2. The smallest absolute Gasteiger partial charge is 0.139 e. The molecule has 23 heavy (non-hydrogen) atoms. The predicted molar refractivity (Wildman–Crippen MR) is 96.1 cm³/mol. The SMILES string of the molecule is Oc1cc2ccccc2cc1NCCc1c[nH]c2ccccc12. The number of H-pyrrole nitrogens is 1. The van der Waals surface area contributed by atoms with Crippen LogP contribution in [0.1, 0.15) is 5.56 Å². The van der Waals surface area contributed by atoms with Crippen LogP contribution in [0.5, 0.6) is 5.75 Å². The van der Waals surface area contributed by atoms with Gasteiger partial charge in [-0.05, 0) is 41.0 Å². The molecule has 0 radical (unpaired) electrons. The van der Waals surface area contributed by atoms with Crippen molar-refractivity contribution in [1.29, 1.82) is 0 Å². The number of benzene rings is 3. The number of phenols is 1. The lowest BCUT2D eigenvalue weighted by atomic mass is 10.1. The molecule has 0 spiro atoms. The summed E-state index contributed by atoms with van der Waals surface area (Å²) in [6, 6.07) is 20.2. The van der Waals surface area contributed by atoms with E-state index >= 15 is 0 Å². The van der Waals surface area contributed by atoms with Gasteiger partial charge in [-0.15, -0.1) is 0 Å². The summed E-state index contributed by atoms with van der Waals surface area (Å²) >= 11 is 0.